The van der Waals surface area contributed by atoms with Crippen molar-refractivity contribution in [3.05, 3.63) is 109 Å². The van der Waals surface area contributed by atoms with Crippen LogP contribution in [0.25, 0.3) is 0 Å². The van der Waals surface area contributed by atoms with E-state index < -0.39 is 67.4 Å². The van der Waals surface area contributed by atoms with Gasteiger partial charge in [-0.25, -0.2) is 0 Å². The Balaban J connectivity index is 2.62. The highest BCUT2D eigenvalue weighted by atomic mass is 16.7. The van der Waals surface area contributed by atoms with Gasteiger partial charge in [0.1, 0.15) is 24.4 Å². The highest BCUT2D eigenvalue weighted by molar-refractivity contribution is 5.80. The number of carbonyl (C=O) groups is 2. The second kappa shape index (κ2) is 59.6. The zero-order valence-corrected chi connectivity index (χ0v) is 53.5. The highest BCUT2D eigenvalue weighted by Gasteiger charge is 2.47. The normalized spacial score (nSPS) is 19.2. The van der Waals surface area contributed by atoms with Crippen molar-refractivity contribution in [2.75, 3.05) is 13.2 Å². The smallest absolute Gasteiger partial charge is 0.306 e. The lowest BCUT2D eigenvalue weighted by Gasteiger charge is -2.41. The van der Waals surface area contributed by atoms with Crippen molar-refractivity contribution in [3.63, 3.8) is 0 Å². The monoisotopic (exact) mass is 1180 g/mol. The van der Waals surface area contributed by atoms with Crippen LogP contribution in [0.1, 0.15) is 278 Å². The molecule has 1 amide bonds. The molecule has 1 aliphatic heterocycles. The summed E-state index contributed by atoms with van der Waals surface area (Å²) in [7, 11) is 0. The maximum absolute atomic E-state index is 13.5. The summed E-state index contributed by atoms with van der Waals surface area (Å²) in [6, 6.07) is -1.04. The van der Waals surface area contributed by atoms with Crippen LogP contribution in [0, 0.1) is 0 Å². The van der Waals surface area contributed by atoms with Crippen LogP contribution in [0.15, 0.2) is 109 Å². The number of unbranched alkanes of at least 4 members (excludes halogenated alkanes) is 27. The van der Waals surface area contributed by atoms with Crippen molar-refractivity contribution in [3.8, 4) is 0 Å². The zero-order valence-electron chi connectivity index (χ0n) is 53.5. The lowest BCUT2D eigenvalue weighted by molar-refractivity contribution is -0.305. The van der Waals surface area contributed by atoms with Gasteiger partial charge in [-0.2, -0.15) is 0 Å². The van der Waals surface area contributed by atoms with E-state index in [0.29, 0.717) is 12.8 Å². The Morgan fingerprint density at radius 2 is 0.857 bits per heavy atom. The molecule has 1 rings (SSSR count). The lowest BCUT2D eigenvalue weighted by Crippen LogP contribution is -2.61. The van der Waals surface area contributed by atoms with E-state index in [9.17, 15) is 35.1 Å². The average molecular weight is 1180 g/mol. The number of aliphatic hydroxyl groups excluding tert-OH is 5. The number of hydrogen-bond acceptors (Lipinski definition) is 10. The average Bonchev–Trinajstić information content (AvgIpc) is 3.69. The number of esters is 1. The van der Waals surface area contributed by atoms with Crippen LogP contribution in [-0.2, 0) is 23.8 Å². The van der Waals surface area contributed by atoms with Gasteiger partial charge in [-0.05, 0) is 109 Å². The Labute approximate surface area is 513 Å². The van der Waals surface area contributed by atoms with Gasteiger partial charge in [0.25, 0.3) is 0 Å². The van der Waals surface area contributed by atoms with E-state index in [1.165, 1.54) is 103 Å². The van der Waals surface area contributed by atoms with Gasteiger partial charge < -0.3 is 45.1 Å². The summed E-state index contributed by atoms with van der Waals surface area (Å²) in [5.74, 6) is -1.22. The number of ether oxygens (including phenoxy) is 3. The molecule has 0 bridgehead atoms. The van der Waals surface area contributed by atoms with E-state index in [1.54, 1.807) is 6.08 Å². The third kappa shape index (κ3) is 46.5. The first-order valence-electron chi connectivity index (χ1n) is 34.2. The molecule has 84 heavy (non-hydrogen) atoms. The molecular formula is C73H125NO10. The molecule has 1 heterocycles. The zero-order chi connectivity index (χ0) is 61.0. The summed E-state index contributed by atoms with van der Waals surface area (Å²) in [5, 5.41) is 57.2. The minimum atomic E-state index is -1.63. The fourth-order valence-electron chi connectivity index (χ4n) is 10.0. The van der Waals surface area contributed by atoms with Crippen LogP contribution < -0.4 is 5.32 Å². The van der Waals surface area contributed by atoms with Crippen molar-refractivity contribution in [1.29, 1.82) is 0 Å². The minimum absolute atomic E-state index is 0.100. The van der Waals surface area contributed by atoms with Gasteiger partial charge in [0.15, 0.2) is 12.4 Å². The molecule has 0 spiro atoms. The summed E-state index contributed by atoms with van der Waals surface area (Å²) >= 11 is 0. The molecule has 1 aliphatic rings. The van der Waals surface area contributed by atoms with Crippen LogP contribution in [0.5, 0.6) is 0 Å². The molecule has 0 aromatic rings. The maximum atomic E-state index is 13.5. The summed E-state index contributed by atoms with van der Waals surface area (Å²) in [4.78, 5) is 26.6. The van der Waals surface area contributed by atoms with Gasteiger partial charge in [-0.15, -0.1) is 0 Å². The van der Waals surface area contributed by atoms with E-state index in [0.717, 1.165) is 128 Å². The largest absolute Gasteiger partial charge is 0.454 e. The Kier molecular flexibility index (Phi) is 55.6. The molecule has 0 aromatic heterocycles. The second-order valence-corrected chi connectivity index (χ2v) is 23.2. The van der Waals surface area contributed by atoms with Gasteiger partial charge in [-0.3, -0.25) is 9.59 Å². The Hall–Kier alpha value is -3.68. The van der Waals surface area contributed by atoms with Crippen molar-refractivity contribution in [2.45, 2.75) is 327 Å². The van der Waals surface area contributed by atoms with E-state index in [4.69, 9.17) is 14.2 Å². The fourth-order valence-corrected chi connectivity index (χ4v) is 10.0. The van der Waals surface area contributed by atoms with Crippen LogP contribution in [0.3, 0.4) is 0 Å². The van der Waals surface area contributed by atoms with Crippen molar-refractivity contribution >= 4 is 11.9 Å². The van der Waals surface area contributed by atoms with E-state index in [1.807, 2.05) is 6.08 Å². The Bertz CT molecular complexity index is 1780. The first-order valence-corrected chi connectivity index (χ1v) is 34.2. The highest BCUT2D eigenvalue weighted by Crippen LogP contribution is 2.26. The molecule has 0 aromatic carbocycles. The molecule has 1 saturated heterocycles. The molecule has 6 N–H and O–H groups in total. The number of carbonyl (C=O) groups excluding carboxylic acids is 2. The molecule has 11 nitrogen and oxygen atoms in total. The molecule has 0 saturated carbocycles. The third-order valence-electron chi connectivity index (χ3n) is 15.4. The molecule has 0 aliphatic carbocycles. The molecule has 482 valence electrons. The van der Waals surface area contributed by atoms with E-state index in [-0.39, 0.29) is 19.4 Å². The van der Waals surface area contributed by atoms with Gasteiger partial charge >= 0.3 is 5.97 Å². The predicted molar refractivity (Wildman–Crippen MR) is 351 cm³/mol. The molecular weight excluding hydrogens is 1050 g/mol. The SMILES string of the molecule is CC/C=C\C/C=C\C/C=C\C/C=C\C/C=C\C/C=C\CCCCCCCCC(=O)OC1C(OCC(NC(=O)C(O)CCCCCCCCCC/C=C\C/C=C\CCCCC)C(O)/C=C/CCCCCCCCCCCC)OC(CO)C(O)C1O. The Morgan fingerprint density at radius 1 is 0.476 bits per heavy atom. The summed E-state index contributed by atoms with van der Waals surface area (Å²) in [6.07, 6.45) is 71.1. The second-order valence-electron chi connectivity index (χ2n) is 23.2. The number of allylic oxidation sites excluding steroid dienone is 17. The molecule has 1 fully saturated rings. The number of amides is 1. The molecule has 0 radical (unpaired) electrons. The van der Waals surface area contributed by atoms with Crippen molar-refractivity contribution in [1.82, 2.24) is 5.32 Å². The third-order valence-corrected chi connectivity index (χ3v) is 15.4. The topological polar surface area (TPSA) is 175 Å². The fraction of sp³-hybridized carbons (Fsp3) is 0.726. The molecule has 8 atom stereocenters. The van der Waals surface area contributed by atoms with Crippen LogP contribution in [-0.4, -0.2) is 99.6 Å². The lowest BCUT2D eigenvalue weighted by atomic mass is 9.99. The van der Waals surface area contributed by atoms with E-state index >= 15 is 0 Å². The van der Waals surface area contributed by atoms with E-state index in [2.05, 4.69) is 123 Å². The van der Waals surface area contributed by atoms with Gasteiger partial charge in [0.2, 0.25) is 5.91 Å². The standard InChI is InChI=1S/C73H125NO10/c1-4-7-10-13-16-19-22-25-27-29-31-32-33-34-35-36-37-39-41-43-46-49-52-55-58-61-68(78)84-71-70(80)69(79)67(62-75)83-73(71)82-63-64(65(76)59-56-53-50-47-44-24-21-18-15-12-9-6-3)74-72(81)66(77)60-57-54-51-48-45-42-40-38-30-28-26-23-20-17-14-11-8-5-2/h7,10,16-17,19-20,25-28,31-32,34-35,37,39,56,59,64-67,69-71,73,75-77,79-80H,4-6,8-9,11-15,18,21-24,29-30,33,36,38,40-55,57-58,60-63H2,1-3H3,(H,74,81)/b10-7-,19-16-,20-17-,27-25-,28-26-,32-31-,35-34-,39-37-,59-56+. The maximum Gasteiger partial charge on any atom is 0.306 e. The number of aliphatic hydroxyl groups is 5. The van der Waals surface area contributed by atoms with Crippen molar-refractivity contribution < 1.29 is 49.3 Å². The quantitative estimate of drug-likeness (QED) is 0.0195. The minimum Gasteiger partial charge on any atom is -0.454 e. The molecule has 11 heteroatoms. The van der Waals surface area contributed by atoms with Gasteiger partial charge in [0, 0.05) is 6.42 Å². The Morgan fingerprint density at radius 3 is 1.31 bits per heavy atom. The number of hydrogen-bond donors (Lipinski definition) is 6. The number of nitrogens with one attached hydrogen (secondary N) is 1. The summed E-state index contributed by atoms with van der Waals surface area (Å²) < 4.78 is 17.7. The molecule has 8 unspecified atom stereocenters. The van der Waals surface area contributed by atoms with Gasteiger partial charge in [-0.1, -0.05) is 271 Å². The predicted octanol–water partition coefficient (Wildman–Crippen LogP) is 17.2. The number of rotatable bonds is 57. The first-order chi connectivity index (χ1) is 41.2. The van der Waals surface area contributed by atoms with Crippen LogP contribution in [0.4, 0.5) is 0 Å². The van der Waals surface area contributed by atoms with Crippen molar-refractivity contribution in [2.24, 2.45) is 0 Å². The first kappa shape index (κ1) is 78.3. The van der Waals surface area contributed by atoms with Crippen LogP contribution >= 0.6 is 0 Å². The summed E-state index contributed by atoms with van der Waals surface area (Å²) in [5.41, 5.74) is 0. The summed E-state index contributed by atoms with van der Waals surface area (Å²) in [6.45, 7) is 5.65. The van der Waals surface area contributed by atoms with Crippen LogP contribution in [0.2, 0.25) is 0 Å². The van der Waals surface area contributed by atoms with Gasteiger partial charge in [0.05, 0.1) is 25.4 Å².